The molecular formula is C9H16N2O4S2. The fraction of sp³-hybridized carbons (Fsp3) is 1.00. The van der Waals surface area contributed by atoms with Gasteiger partial charge in [0.05, 0.1) is 11.0 Å². The van der Waals surface area contributed by atoms with Gasteiger partial charge in [-0.2, -0.15) is 17.0 Å². The molecule has 0 amide bonds. The molecule has 8 heteroatoms. The Hall–Kier alpha value is -0.180. The smallest absolute Gasteiger partial charge is 0.228 e. The minimum Gasteiger partial charge on any atom is -0.228 e. The molecule has 98 valence electrons. The molecule has 3 rings (SSSR count). The third-order valence-electron chi connectivity index (χ3n) is 3.95. The van der Waals surface area contributed by atoms with Crippen molar-refractivity contribution in [3.8, 4) is 0 Å². The highest BCUT2D eigenvalue weighted by atomic mass is 32.2. The second-order valence-corrected chi connectivity index (χ2v) is 9.23. The van der Waals surface area contributed by atoms with Crippen LogP contribution in [-0.2, 0) is 20.0 Å². The van der Waals surface area contributed by atoms with Crippen molar-refractivity contribution in [2.75, 3.05) is 25.4 Å². The summed E-state index contributed by atoms with van der Waals surface area (Å²) in [5, 5.41) is -0.468. The molecule has 0 radical (unpaired) electrons. The van der Waals surface area contributed by atoms with Gasteiger partial charge in [0.25, 0.3) is 10.2 Å². The predicted octanol–water partition coefficient (Wildman–Crippen LogP) is -0.802. The molecule has 3 saturated heterocycles. The van der Waals surface area contributed by atoms with Gasteiger partial charge >= 0.3 is 0 Å². The molecule has 17 heavy (non-hydrogen) atoms. The predicted molar refractivity (Wildman–Crippen MR) is 62.4 cm³/mol. The van der Waals surface area contributed by atoms with E-state index in [-0.39, 0.29) is 18.3 Å². The van der Waals surface area contributed by atoms with Crippen molar-refractivity contribution >= 4 is 20.0 Å². The van der Waals surface area contributed by atoms with Crippen LogP contribution in [0, 0.1) is 0 Å². The highest BCUT2D eigenvalue weighted by molar-refractivity contribution is 7.92. The van der Waals surface area contributed by atoms with Gasteiger partial charge in [0.2, 0.25) is 0 Å². The van der Waals surface area contributed by atoms with Crippen molar-refractivity contribution in [3.05, 3.63) is 0 Å². The SMILES string of the molecule is O=S1(=O)C[C@H]2C[C@H]1CN2S(=O)(=O)N1CCCC1. The van der Waals surface area contributed by atoms with Gasteiger partial charge in [-0.05, 0) is 19.3 Å². The van der Waals surface area contributed by atoms with Gasteiger partial charge in [0.15, 0.2) is 9.84 Å². The molecule has 3 heterocycles. The summed E-state index contributed by atoms with van der Waals surface area (Å²) in [7, 11) is -6.45. The van der Waals surface area contributed by atoms with Crippen LogP contribution in [0.5, 0.6) is 0 Å². The summed E-state index contributed by atoms with van der Waals surface area (Å²) in [6.07, 6.45) is 2.29. The zero-order valence-corrected chi connectivity index (χ0v) is 11.1. The molecule has 0 aliphatic carbocycles. The van der Waals surface area contributed by atoms with Crippen LogP contribution < -0.4 is 0 Å². The summed E-state index contributed by atoms with van der Waals surface area (Å²) in [4.78, 5) is 0. The molecule has 3 fully saturated rings. The van der Waals surface area contributed by atoms with Crippen molar-refractivity contribution in [1.29, 1.82) is 0 Å². The number of fused-ring (bicyclic) bond motifs is 2. The number of rotatable bonds is 2. The van der Waals surface area contributed by atoms with E-state index in [1.807, 2.05) is 0 Å². The van der Waals surface area contributed by atoms with Gasteiger partial charge in [-0.1, -0.05) is 0 Å². The molecule has 0 saturated carbocycles. The lowest BCUT2D eigenvalue weighted by molar-refractivity contribution is 0.354. The highest BCUT2D eigenvalue weighted by Crippen LogP contribution is 2.36. The Morgan fingerprint density at radius 3 is 2.24 bits per heavy atom. The van der Waals surface area contributed by atoms with Crippen molar-refractivity contribution in [3.63, 3.8) is 0 Å². The van der Waals surface area contributed by atoms with Crippen LogP contribution in [-0.4, -0.2) is 62.1 Å². The lowest BCUT2D eigenvalue weighted by Gasteiger charge is -2.29. The van der Waals surface area contributed by atoms with E-state index >= 15 is 0 Å². The van der Waals surface area contributed by atoms with Crippen LogP contribution in [0.4, 0.5) is 0 Å². The Balaban J connectivity index is 1.84. The summed E-state index contributed by atoms with van der Waals surface area (Å²) in [5.74, 6) is 0.00470. The largest absolute Gasteiger partial charge is 0.282 e. The van der Waals surface area contributed by atoms with Gasteiger partial charge in [0.1, 0.15) is 0 Å². The Kier molecular flexibility index (Phi) is 2.56. The number of hydrogen-bond acceptors (Lipinski definition) is 4. The van der Waals surface area contributed by atoms with Crippen molar-refractivity contribution < 1.29 is 16.8 Å². The van der Waals surface area contributed by atoms with Crippen LogP contribution in [0.2, 0.25) is 0 Å². The molecule has 0 N–H and O–H groups in total. The molecule has 0 aromatic rings. The number of nitrogens with zero attached hydrogens (tertiary/aromatic N) is 2. The Labute approximate surface area is 102 Å². The van der Waals surface area contributed by atoms with E-state index in [0.29, 0.717) is 19.5 Å². The first-order valence-electron chi connectivity index (χ1n) is 5.90. The second-order valence-electron chi connectivity index (χ2n) is 5.02. The maximum absolute atomic E-state index is 12.3. The second kappa shape index (κ2) is 3.66. The van der Waals surface area contributed by atoms with Crippen LogP contribution in [0.25, 0.3) is 0 Å². The van der Waals surface area contributed by atoms with Crippen molar-refractivity contribution in [1.82, 2.24) is 8.61 Å². The van der Waals surface area contributed by atoms with Gasteiger partial charge in [0, 0.05) is 25.7 Å². The quantitative estimate of drug-likeness (QED) is 0.663. The molecule has 0 aromatic carbocycles. The molecule has 2 bridgehead atoms. The van der Waals surface area contributed by atoms with Gasteiger partial charge in [-0.25, -0.2) is 8.42 Å². The molecule has 6 nitrogen and oxygen atoms in total. The molecule has 3 aliphatic heterocycles. The average Bonchev–Trinajstić information content (AvgIpc) is 2.89. The Bertz CT molecular complexity index is 521. The normalized spacial score (nSPS) is 37.9. The van der Waals surface area contributed by atoms with E-state index in [2.05, 4.69) is 0 Å². The number of hydrogen-bond donors (Lipinski definition) is 0. The first-order valence-corrected chi connectivity index (χ1v) is 9.01. The average molecular weight is 280 g/mol. The first-order chi connectivity index (χ1) is 7.91. The first kappa shape index (κ1) is 11.9. The van der Waals surface area contributed by atoms with E-state index in [4.69, 9.17) is 0 Å². The van der Waals surface area contributed by atoms with Gasteiger partial charge in [-0.15, -0.1) is 0 Å². The zero-order chi connectivity index (χ0) is 12.3. The number of sulfone groups is 1. The molecule has 3 aliphatic rings. The van der Waals surface area contributed by atoms with E-state index in [9.17, 15) is 16.8 Å². The van der Waals surface area contributed by atoms with Crippen LogP contribution >= 0.6 is 0 Å². The standard InChI is InChI=1S/C9H16N2O4S2/c12-16(13)7-8-5-9(16)6-11(8)17(14,15)10-3-1-2-4-10/h8-9H,1-7H2/t8-,9+/m1/s1. The third-order valence-corrected chi connectivity index (χ3v) is 8.21. The summed E-state index contributed by atoms with van der Waals surface area (Å²) < 4.78 is 50.6. The summed E-state index contributed by atoms with van der Waals surface area (Å²) in [6.45, 7) is 1.30. The third kappa shape index (κ3) is 1.73. The minimum atomic E-state index is -3.42. The van der Waals surface area contributed by atoms with Crippen LogP contribution in [0.15, 0.2) is 0 Å². The maximum Gasteiger partial charge on any atom is 0.282 e. The Morgan fingerprint density at radius 1 is 1.12 bits per heavy atom. The lowest BCUT2D eigenvalue weighted by atomic mass is 10.3. The molecule has 2 atom stereocenters. The maximum atomic E-state index is 12.3. The molecule has 0 aromatic heterocycles. The minimum absolute atomic E-state index is 0.00470. The van der Waals surface area contributed by atoms with Gasteiger partial charge < -0.3 is 0 Å². The molecular weight excluding hydrogens is 264 g/mol. The topological polar surface area (TPSA) is 74.8 Å². The summed E-state index contributed by atoms with van der Waals surface area (Å²) in [5.41, 5.74) is 0. The Morgan fingerprint density at radius 2 is 1.76 bits per heavy atom. The fourth-order valence-electron chi connectivity index (χ4n) is 3.01. The zero-order valence-electron chi connectivity index (χ0n) is 9.45. The van der Waals surface area contributed by atoms with E-state index < -0.39 is 25.3 Å². The van der Waals surface area contributed by atoms with Crippen LogP contribution in [0.3, 0.4) is 0 Å². The van der Waals surface area contributed by atoms with E-state index in [0.717, 1.165) is 12.8 Å². The van der Waals surface area contributed by atoms with Crippen molar-refractivity contribution in [2.45, 2.75) is 30.6 Å². The van der Waals surface area contributed by atoms with Gasteiger partial charge in [-0.3, -0.25) is 0 Å². The molecule has 0 spiro atoms. The summed E-state index contributed by atoms with van der Waals surface area (Å²) >= 11 is 0. The fourth-order valence-corrected chi connectivity index (χ4v) is 7.15. The lowest BCUT2D eigenvalue weighted by Crippen LogP contribution is -2.49. The van der Waals surface area contributed by atoms with E-state index in [1.54, 1.807) is 0 Å². The monoisotopic (exact) mass is 280 g/mol. The summed E-state index contributed by atoms with van der Waals surface area (Å²) in [6, 6.07) is -0.324. The highest BCUT2D eigenvalue weighted by Gasteiger charge is 2.53. The van der Waals surface area contributed by atoms with Crippen molar-refractivity contribution in [2.24, 2.45) is 0 Å². The molecule has 0 unspecified atom stereocenters. The van der Waals surface area contributed by atoms with E-state index in [1.165, 1.54) is 8.61 Å². The van der Waals surface area contributed by atoms with Crippen LogP contribution in [0.1, 0.15) is 19.3 Å².